The number of amides is 1. The minimum Gasteiger partial charge on any atom is -0.480 e. The summed E-state index contributed by atoms with van der Waals surface area (Å²) in [5.41, 5.74) is 0.352. The van der Waals surface area contributed by atoms with Crippen LogP contribution in [0.2, 0.25) is 0 Å². The number of hydrogen-bond acceptors (Lipinski definition) is 7. The molecule has 0 bridgehead atoms. The molecular formula is C17H17N3O7. The number of ether oxygens (including phenoxy) is 2. The highest BCUT2D eigenvalue weighted by atomic mass is 16.5. The van der Waals surface area contributed by atoms with Crippen LogP contribution in [0, 0.1) is 0 Å². The first kappa shape index (κ1) is 19.6. The summed E-state index contributed by atoms with van der Waals surface area (Å²) in [5, 5.41) is 15.3. The van der Waals surface area contributed by atoms with Gasteiger partial charge in [-0.2, -0.15) is 5.10 Å². The van der Waals surface area contributed by atoms with Crippen molar-refractivity contribution in [3.8, 4) is 0 Å². The van der Waals surface area contributed by atoms with E-state index >= 15 is 0 Å². The highest BCUT2D eigenvalue weighted by Gasteiger charge is 2.18. The second-order valence-electron chi connectivity index (χ2n) is 5.46. The number of rotatable bonds is 6. The summed E-state index contributed by atoms with van der Waals surface area (Å²) in [6.45, 7) is 1.42. The average molecular weight is 375 g/mol. The first-order valence-electron chi connectivity index (χ1n) is 7.66. The molecule has 0 fully saturated rings. The van der Waals surface area contributed by atoms with E-state index in [0.717, 1.165) is 4.68 Å². The third-order valence-corrected chi connectivity index (χ3v) is 3.65. The lowest BCUT2D eigenvalue weighted by Crippen LogP contribution is -2.16. The van der Waals surface area contributed by atoms with Crippen LogP contribution in [0.15, 0.2) is 30.6 Å². The summed E-state index contributed by atoms with van der Waals surface area (Å²) >= 11 is 0. The van der Waals surface area contributed by atoms with Crippen LogP contribution in [-0.2, 0) is 14.3 Å². The Balaban J connectivity index is 2.30. The molecule has 1 aromatic heterocycles. The molecule has 1 heterocycles. The second kappa shape index (κ2) is 8.13. The van der Waals surface area contributed by atoms with Crippen molar-refractivity contribution in [1.29, 1.82) is 0 Å². The highest BCUT2D eigenvalue weighted by Crippen LogP contribution is 2.18. The molecule has 1 unspecified atom stereocenters. The van der Waals surface area contributed by atoms with Crippen molar-refractivity contribution in [2.75, 3.05) is 19.5 Å². The summed E-state index contributed by atoms with van der Waals surface area (Å²) in [6, 6.07) is 3.00. The van der Waals surface area contributed by atoms with Gasteiger partial charge in [-0.15, -0.1) is 0 Å². The number of anilines is 1. The van der Waals surface area contributed by atoms with Gasteiger partial charge in [-0.25, -0.2) is 14.4 Å². The fourth-order valence-corrected chi connectivity index (χ4v) is 2.15. The van der Waals surface area contributed by atoms with Gasteiger partial charge in [0.05, 0.1) is 37.1 Å². The van der Waals surface area contributed by atoms with Gasteiger partial charge >= 0.3 is 17.9 Å². The number of hydrogen-bond donors (Lipinski definition) is 2. The molecule has 0 radical (unpaired) electrons. The van der Waals surface area contributed by atoms with Gasteiger partial charge in [-0.05, 0) is 25.1 Å². The fraction of sp³-hybridized carbons (Fsp3) is 0.235. The summed E-state index contributed by atoms with van der Waals surface area (Å²) in [7, 11) is 2.37. The molecule has 2 aromatic rings. The predicted octanol–water partition coefficient (Wildman–Crippen LogP) is 1.35. The van der Waals surface area contributed by atoms with Crippen molar-refractivity contribution in [2.45, 2.75) is 13.0 Å². The number of carbonyl (C=O) groups is 4. The van der Waals surface area contributed by atoms with Crippen LogP contribution in [0.5, 0.6) is 0 Å². The lowest BCUT2D eigenvalue weighted by Gasteiger charge is -2.09. The zero-order chi connectivity index (χ0) is 20.1. The maximum Gasteiger partial charge on any atom is 0.337 e. The van der Waals surface area contributed by atoms with E-state index in [9.17, 15) is 19.2 Å². The van der Waals surface area contributed by atoms with Crippen LogP contribution in [0.25, 0.3) is 0 Å². The smallest absolute Gasteiger partial charge is 0.337 e. The molecule has 0 aliphatic rings. The quantitative estimate of drug-likeness (QED) is 0.722. The fourth-order valence-electron chi connectivity index (χ4n) is 2.15. The Labute approximate surface area is 153 Å². The summed E-state index contributed by atoms with van der Waals surface area (Å²) < 4.78 is 10.4. The zero-order valence-corrected chi connectivity index (χ0v) is 14.8. The highest BCUT2D eigenvalue weighted by molar-refractivity contribution is 6.05. The van der Waals surface area contributed by atoms with Crippen LogP contribution in [0.4, 0.5) is 5.69 Å². The Bertz CT molecular complexity index is 869. The lowest BCUT2D eigenvalue weighted by atomic mass is 10.1. The van der Waals surface area contributed by atoms with E-state index in [0.29, 0.717) is 0 Å². The van der Waals surface area contributed by atoms with E-state index < -0.39 is 29.9 Å². The number of carbonyl (C=O) groups excluding carboxylic acids is 3. The van der Waals surface area contributed by atoms with Crippen LogP contribution in [-0.4, -0.2) is 52.9 Å². The number of benzene rings is 1. The molecule has 0 aliphatic heterocycles. The molecule has 142 valence electrons. The van der Waals surface area contributed by atoms with E-state index in [-0.39, 0.29) is 22.4 Å². The van der Waals surface area contributed by atoms with E-state index in [1.807, 2.05) is 0 Å². The van der Waals surface area contributed by atoms with Gasteiger partial charge < -0.3 is 19.9 Å². The first-order valence-corrected chi connectivity index (χ1v) is 7.66. The van der Waals surface area contributed by atoms with E-state index in [1.165, 1.54) is 51.7 Å². The van der Waals surface area contributed by atoms with Crippen LogP contribution in [0.3, 0.4) is 0 Å². The molecule has 2 N–H and O–H groups in total. The van der Waals surface area contributed by atoms with Crippen molar-refractivity contribution >= 4 is 29.5 Å². The molecule has 1 amide bonds. The Kier molecular flexibility index (Phi) is 5.91. The Morgan fingerprint density at radius 3 is 2.07 bits per heavy atom. The third kappa shape index (κ3) is 4.48. The number of carboxylic acids is 1. The molecule has 1 aromatic carbocycles. The molecule has 10 nitrogen and oxygen atoms in total. The third-order valence-electron chi connectivity index (χ3n) is 3.65. The molecule has 0 saturated carbocycles. The Morgan fingerprint density at radius 1 is 1.04 bits per heavy atom. The van der Waals surface area contributed by atoms with Crippen LogP contribution in [0.1, 0.15) is 44.0 Å². The first-order chi connectivity index (χ1) is 12.8. The van der Waals surface area contributed by atoms with Crippen LogP contribution < -0.4 is 5.32 Å². The number of nitrogens with zero attached hydrogens (tertiary/aromatic N) is 2. The van der Waals surface area contributed by atoms with Gasteiger partial charge in [0.15, 0.2) is 0 Å². The maximum absolute atomic E-state index is 12.4. The topological polar surface area (TPSA) is 137 Å². The van der Waals surface area contributed by atoms with E-state index in [1.54, 1.807) is 0 Å². The predicted molar refractivity (Wildman–Crippen MR) is 91.6 cm³/mol. The van der Waals surface area contributed by atoms with E-state index in [2.05, 4.69) is 19.9 Å². The molecule has 27 heavy (non-hydrogen) atoms. The summed E-state index contributed by atoms with van der Waals surface area (Å²) in [6.07, 6.45) is 2.49. The molecule has 10 heteroatoms. The molecule has 1 atom stereocenters. The molecular weight excluding hydrogens is 358 g/mol. The van der Waals surface area contributed by atoms with Crippen molar-refractivity contribution in [3.63, 3.8) is 0 Å². The van der Waals surface area contributed by atoms with E-state index in [4.69, 9.17) is 5.11 Å². The maximum atomic E-state index is 12.4. The van der Waals surface area contributed by atoms with Crippen molar-refractivity contribution < 1.29 is 33.8 Å². The van der Waals surface area contributed by atoms with Gasteiger partial charge in [0.1, 0.15) is 6.04 Å². The number of esters is 2. The van der Waals surface area contributed by atoms with Gasteiger partial charge in [0.2, 0.25) is 0 Å². The molecule has 0 saturated heterocycles. The van der Waals surface area contributed by atoms with Gasteiger partial charge in [0.25, 0.3) is 5.91 Å². The van der Waals surface area contributed by atoms with Crippen LogP contribution >= 0.6 is 0 Å². The summed E-state index contributed by atoms with van der Waals surface area (Å²) in [5.74, 6) is -3.09. The van der Waals surface area contributed by atoms with Gasteiger partial charge in [-0.3, -0.25) is 9.48 Å². The van der Waals surface area contributed by atoms with Gasteiger partial charge in [0, 0.05) is 11.9 Å². The molecule has 0 aliphatic carbocycles. The number of nitrogens with one attached hydrogen (secondary N) is 1. The SMILES string of the molecule is COC(=O)c1cc(NC(=O)c2cnn(C(C)C(=O)O)c2)cc(C(=O)OC)c1. The minimum atomic E-state index is -1.10. The second-order valence-corrected chi connectivity index (χ2v) is 5.46. The minimum absolute atomic E-state index is 0.0471. The molecule has 0 spiro atoms. The zero-order valence-electron chi connectivity index (χ0n) is 14.8. The van der Waals surface area contributed by atoms with Crippen molar-refractivity contribution in [3.05, 3.63) is 47.3 Å². The average Bonchev–Trinajstić information content (AvgIpc) is 3.15. The van der Waals surface area contributed by atoms with Crippen molar-refractivity contribution in [1.82, 2.24) is 9.78 Å². The molecule has 2 rings (SSSR count). The Morgan fingerprint density at radius 2 is 1.59 bits per heavy atom. The van der Waals surface area contributed by atoms with Crippen molar-refractivity contribution in [2.24, 2.45) is 0 Å². The number of carboxylic acid groups (broad SMARTS) is 1. The normalized spacial score (nSPS) is 11.4. The Hall–Kier alpha value is -3.69. The number of methoxy groups -OCH3 is 2. The number of aromatic nitrogens is 2. The summed E-state index contributed by atoms with van der Waals surface area (Å²) in [4.78, 5) is 46.9. The largest absolute Gasteiger partial charge is 0.480 e. The monoisotopic (exact) mass is 375 g/mol. The lowest BCUT2D eigenvalue weighted by molar-refractivity contribution is -0.140. The van der Waals surface area contributed by atoms with Gasteiger partial charge in [-0.1, -0.05) is 0 Å². The standard InChI is InChI=1S/C17H17N3O7/c1-9(15(22)23)20-8-12(7-18-20)14(21)19-13-5-10(16(24)26-2)4-11(6-13)17(25)27-3/h4-9H,1-3H3,(H,19,21)(H,22,23). The number of aliphatic carboxylic acids is 1.